The SMILES string of the molecule is COc1cc(C)c(NCc2cnccc2C)cc1OC. The number of aromatic nitrogens is 1. The van der Waals surface area contributed by atoms with Crippen LogP contribution < -0.4 is 14.8 Å². The van der Waals surface area contributed by atoms with E-state index in [9.17, 15) is 0 Å². The quantitative estimate of drug-likeness (QED) is 0.906. The van der Waals surface area contributed by atoms with Crippen LogP contribution in [-0.4, -0.2) is 19.2 Å². The van der Waals surface area contributed by atoms with E-state index in [4.69, 9.17) is 9.47 Å². The van der Waals surface area contributed by atoms with E-state index in [0.717, 1.165) is 29.3 Å². The molecule has 1 N–H and O–H groups in total. The lowest BCUT2D eigenvalue weighted by molar-refractivity contribution is 0.355. The van der Waals surface area contributed by atoms with Crippen molar-refractivity contribution in [3.05, 3.63) is 47.3 Å². The van der Waals surface area contributed by atoms with Crippen molar-refractivity contribution in [2.24, 2.45) is 0 Å². The van der Waals surface area contributed by atoms with E-state index in [1.807, 2.05) is 31.3 Å². The number of hydrogen-bond donors (Lipinski definition) is 1. The fourth-order valence-electron chi connectivity index (χ4n) is 2.04. The molecule has 0 atom stereocenters. The minimum atomic E-state index is 0.725. The molecule has 106 valence electrons. The molecular weight excluding hydrogens is 252 g/mol. The summed E-state index contributed by atoms with van der Waals surface area (Å²) in [5.74, 6) is 1.47. The molecule has 2 aromatic rings. The largest absolute Gasteiger partial charge is 0.493 e. The number of ether oxygens (including phenoxy) is 2. The van der Waals surface area contributed by atoms with Crippen molar-refractivity contribution in [2.45, 2.75) is 20.4 Å². The Morgan fingerprint density at radius 3 is 2.40 bits per heavy atom. The number of aryl methyl sites for hydroxylation is 2. The third-order valence-electron chi connectivity index (χ3n) is 3.35. The second-order valence-corrected chi connectivity index (χ2v) is 4.68. The van der Waals surface area contributed by atoms with Gasteiger partial charge < -0.3 is 14.8 Å². The second-order valence-electron chi connectivity index (χ2n) is 4.68. The zero-order chi connectivity index (χ0) is 14.5. The molecule has 20 heavy (non-hydrogen) atoms. The molecule has 0 spiro atoms. The highest BCUT2D eigenvalue weighted by Crippen LogP contribution is 2.33. The van der Waals surface area contributed by atoms with Crippen molar-refractivity contribution < 1.29 is 9.47 Å². The smallest absolute Gasteiger partial charge is 0.162 e. The van der Waals surface area contributed by atoms with Crippen LogP contribution in [0.2, 0.25) is 0 Å². The average Bonchev–Trinajstić information content (AvgIpc) is 2.47. The first-order chi connectivity index (χ1) is 9.65. The van der Waals surface area contributed by atoms with Gasteiger partial charge in [-0.05, 0) is 42.7 Å². The van der Waals surface area contributed by atoms with Crippen molar-refractivity contribution in [3.63, 3.8) is 0 Å². The Balaban J connectivity index is 2.19. The van der Waals surface area contributed by atoms with Gasteiger partial charge in [0.1, 0.15) is 0 Å². The van der Waals surface area contributed by atoms with Crippen molar-refractivity contribution in [2.75, 3.05) is 19.5 Å². The topological polar surface area (TPSA) is 43.4 Å². The molecule has 1 aromatic carbocycles. The van der Waals surface area contributed by atoms with Crippen LogP contribution in [0.4, 0.5) is 5.69 Å². The van der Waals surface area contributed by atoms with Crippen LogP contribution in [0.1, 0.15) is 16.7 Å². The standard InChI is InChI=1S/C16H20N2O2/c1-11-5-6-17-9-13(11)10-18-14-8-16(20-4)15(19-3)7-12(14)2/h5-9,18H,10H2,1-4H3. The summed E-state index contributed by atoms with van der Waals surface area (Å²) in [6.45, 7) is 4.86. The summed E-state index contributed by atoms with van der Waals surface area (Å²) >= 11 is 0. The Kier molecular flexibility index (Phi) is 4.45. The number of methoxy groups -OCH3 is 2. The lowest BCUT2D eigenvalue weighted by Gasteiger charge is -2.15. The molecule has 0 unspecified atom stereocenters. The second kappa shape index (κ2) is 6.28. The molecule has 0 aliphatic rings. The predicted octanol–water partition coefficient (Wildman–Crippen LogP) is 3.33. The van der Waals surface area contributed by atoms with Gasteiger partial charge in [0.2, 0.25) is 0 Å². The van der Waals surface area contributed by atoms with Crippen molar-refractivity contribution in [1.29, 1.82) is 0 Å². The Morgan fingerprint density at radius 2 is 1.75 bits per heavy atom. The molecule has 1 aromatic heterocycles. The van der Waals surface area contributed by atoms with E-state index < -0.39 is 0 Å². The zero-order valence-corrected chi connectivity index (χ0v) is 12.4. The van der Waals surface area contributed by atoms with Crippen LogP contribution in [-0.2, 0) is 6.54 Å². The number of benzene rings is 1. The molecule has 0 aliphatic heterocycles. The van der Waals surface area contributed by atoms with Gasteiger partial charge in [0.05, 0.1) is 14.2 Å². The van der Waals surface area contributed by atoms with Gasteiger partial charge in [-0.15, -0.1) is 0 Å². The van der Waals surface area contributed by atoms with Crippen LogP contribution in [0.25, 0.3) is 0 Å². The van der Waals surface area contributed by atoms with Gasteiger partial charge >= 0.3 is 0 Å². The van der Waals surface area contributed by atoms with E-state index in [1.165, 1.54) is 11.1 Å². The first-order valence-corrected chi connectivity index (χ1v) is 6.51. The van der Waals surface area contributed by atoms with Crippen molar-refractivity contribution in [1.82, 2.24) is 4.98 Å². The number of nitrogens with zero attached hydrogens (tertiary/aromatic N) is 1. The molecule has 1 heterocycles. The van der Waals surface area contributed by atoms with Crippen LogP contribution in [0.5, 0.6) is 11.5 Å². The molecule has 0 fully saturated rings. The molecule has 4 heteroatoms. The summed E-state index contributed by atoms with van der Waals surface area (Å²) in [6.07, 6.45) is 3.69. The van der Waals surface area contributed by atoms with Gasteiger partial charge in [-0.25, -0.2) is 0 Å². The average molecular weight is 272 g/mol. The summed E-state index contributed by atoms with van der Waals surface area (Å²) in [7, 11) is 3.28. The molecule has 0 amide bonds. The molecular formula is C16H20N2O2. The molecule has 0 saturated carbocycles. The maximum absolute atomic E-state index is 5.33. The van der Waals surface area contributed by atoms with E-state index in [0.29, 0.717) is 0 Å². The monoisotopic (exact) mass is 272 g/mol. The van der Waals surface area contributed by atoms with Crippen LogP contribution in [0.3, 0.4) is 0 Å². The van der Waals surface area contributed by atoms with Crippen LogP contribution >= 0.6 is 0 Å². The highest BCUT2D eigenvalue weighted by atomic mass is 16.5. The normalized spacial score (nSPS) is 10.2. The number of anilines is 1. The minimum Gasteiger partial charge on any atom is -0.493 e. The Morgan fingerprint density at radius 1 is 1.05 bits per heavy atom. The first-order valence-electron chi connectivity index (χ1n) is 6.51. The third-order valence-corrected chi connectivity index (χ3v) is 3.35. The summed E-state index contributed by atoms with van der Waals surface area (Å²) in [5, 5.41) is 3.42. The Hall–Kier alpha value is -2.23. The summed E-state index contributed by atoms with van der Waals surface area (Å²) in [4.78, 5) is 4.16. The summed E-state index contributed by atoms with van der Waals surface area (Å²) < 4.78 is 10.6. The number of nitrogens with one attached hydrogen (secondary N) is 1. The molecule has 2 rings (SSSR count). The van der Waals surface area contributed by atoms with Gasteiger partial charge in [-0.3, -0.25) is 4.98 Å². The lowest BCUT2D eigenvalue weighted by atomic mass is 10.1. The fraction of sp³-hybridized carbons (Fsp3) is 0.312. The van der Waals surface area contributed by atoms with Gasteiger partial charge in [-0.1, -0.05) is 0 Å². The van der Waals surface area contributed by atoms with E-state index in [2.05, 4.69) is 17.2 Å². The Labute approximate surface area is 119 Å². The van der Waals surface area contributed by atoms with Crippen LogP contribution in [0, 0.1) is 13.8 Å². The van der Waals surface area contributed by atoms with E-state index >= 15 is 0 Å². The van der Waals surface area contributed by atoms with Gasteiger partial charge in [0.25, 0.3) is 0 Å². The molecule has 0 aliphatic carbocycles. The summed E-state index contributed by atoms with van der Waals surface area (Å²) in [5.41, 5.74) is 4.56. The molecule has 0 saturated heterocycles. The maximum atomic E-state index is 5.33. The van der Waals surface area contributed by atoms with E-state index in [-0.39, 0.29) is 0 Å². The lowest BCUT2D eigenvalue weighted by Crippen LogP contribution is -2.04. The van der Waals surface area contributed by atoms with Crippen LogP contribution in [0.15, 0.2) is 30.6 Å². The van der Waals surface area contributed by atoms with Gasteiger partial charge in [0, 0.05) is 30.7 Å². The minimum absolute atomic E-state index is 0.725. The van der Waals surface area contributed by atoms with Crippen molar-refractivity contribution in [3.8, 4) is 11.5 Å². The number of hydrogen-bond acceptors (Lipinski definition) is 4. The first kappa shape index (κ1) is 14.2. The third kappa shape index (κ3) is 3.02. The highest BCUT2D eigenvalue weighted by molar-refractivity contribution is 5.60. The number of pyridine rings is 1. The number of rotatable bonds is 5. The van der Waals surface area contributed by atoms with Gasteiger partial charge in [0.15, 0.2) is 11.5 Å². The molecule has 4 nitrogen and oxygen atoms in total. The molecule has 0 radical (unpaired) electrons. The summed E-state index contributed by atoms with van der Waals surface area (Å²) in [6, 6.07) is 5.94. The predicted molar refractivity (Wildman–Crippen MR) is 80.6 cm³/mol. The molecule has 0 bridgehead atoms. The Bertz CT molecular complexity index is 597. The fourth-order valence-corrected chi connectivity index (χ4v) is 2.04. The van der Waals surface area contributed by atoms with Gasteiger partial charge in [-0.2, -0.15) is 0 Å². The van der Waals surface area contributed by atoms with E-state index in [1.54, 1.807) is 20.4 Å². The highest BCUT2D eigenvalue weighted by Gasteiger charge is 2.08. The maximum Gasteiger partial charge on any atom is 0.162 e. The zero-order valence-electron chi connectivity index (χ0n) is 12.4. The van der Waals surface area contributed by atoms with Crippen molar-refractivity contribution >= 4 is 5.69 Å².